The zero-order valence-electron chi connectivity index (χ0n) is 10.8. The predicted molar refractivity (Wildman–Crippen MR) is 68.8 cm³/mol. The molecule has 104 valence electrons. The quantitative estimate of drug-likeness (QED) is 0.496. The highest BCUT2D eigenvalue weighted by molar-refractivity contribution is 5.93. The third kappa shape index (κ3) is 3.07. The second kappa shape index (κ2) is 5.78. The number of nitrogens with zero attached hydrogens (tertiary/aromatic N) is 4. The number of hydrogen-bond acceptors (Lipinski definition) is 5. The molecule has 2 aromatic heterocycles. The van der Waals surface area contributed by atoms with E-state index in [1.54, 1.807) is 25.3 Å². The second-order valence-corrected chi connectivity index (χ2v) is 3.93. The molecule has 0 saturated carbocycles. The lowest BCUT2D eigenvalue weighted by Crippen LogP contribution is -2.37. The maximum Gasteiger partial charge on any atom is 0.294 e. The number of aromatic nitrogens is 5. The molecule has 9 nitrogen and oxygen atoms in total. The van der Waals surface area contributed by atoms with Gasteiger partial charge >= 0.3 is 0 Å². The summed E-state index contributed by atoms with van der Waals surface area (Å²) >= 11 is 0. The maximum absolute atomic E-state index is 11.7. The van der Waals surface area contributed by atoms with Crippen molar-refractivity contribution >= 4 is 11.8 Å². The molecule has 0 saturated heterocycles. The number of hydrogen-bond donors (Lipinski definition) is 3. The fraction of sp³-hybridized carbons (Fsp3) is 0.182. The van der Waals surface area contributed by atoms with Crippen molar-refractivity contribution in [3.63, 3.8) is 0 Å². The Labute approximate surface area is 114 Å². The summed E-state index contributed by atoms with van der Waals surface area (Å²) in [6.45, 7) is 5.01. The summed E-state index contributed by atoms with van der Waals surface area (Å²) < 4.78 is 0. The number of carbonyl (C=O) groups is 2. The van der Waals surface area contributed by atoms with Crippen LogP contribution in [0.25, 0.3) is 5.82 Å². The third-order valence-electron chi connectivity index (χ3n) is 2.30. The lowest BCUT2D eigenvalue weighted by atomic mass is 10.3. The van der Waals surface area contributed by atoms with E-state index in [2.05, 4.69) is 37.6 Å². The monoisotopic (exact) mass is 275 g/mol. The van der Waals surface area contributed by atoms with E-state index >= 15 is 0 Å². The number of rotatable bonds is 5. The minimum absolute atomic E-state index is 0.0401. The van der Waals surface area contributed by atoms with Gasteiger partial charge in [-0.05, 0) is 24.3 Å². The van der Waals surface area contributed by atoms with E-state index in [0.29, 0.717) is 11.4 Å². The maximum atomic E-state index is 11.7. The Kier molecular flexibility index (Phi) is 3.89. The number of amides is 2. The molecule has 0 aromatic carbocycles. The Hall–Kier alpha value is -2.97. The minimum Gasteiger partial charge on any atom is -0.345 e. The standard InChI is InChI=1S/C11H13N7O2/c1-7(2)10(19)13-6-14-11(20)9-15-17-18(16-9)8-4-3-5-12-8/h3-5,12H,1,6H2,2H3,(H,13,19)(H,14,20). The first-order valence-electron chi connectivity index (χ1n) is 5.73. The first-order valence-corrected chi connectivity index (χ1v) is 5.73. The van der Waals surface area contributed by atoms with Crippen LogP contribution in [-0.4, -0.2) is 43.7 Å². The fourth-order valence-corrected chi connectivity index (χ4v) is 1.29. The van der Waals surface area contributed by atoms with Gasteiger partial charge in [0, 0.05) is 11.8 Å². The molecule has 9 heteroatoms. The van der Waals surface area contributed by atoms with Crippen molar-refractivity contribution in [1.29, 1.82) is 0 Å². The predicted octanol–water partition coefficient (Wildman–Crippen LogP) is -0.630. The summed E-state index contributed by atoms with van der Waals surface area (Å²) in [5.41, 5.74) is 0.357. The molecule has 2 amide bonds. The Morgan fingerprint density at radius 3 is 2.90 bits per heavy atom. The van der Waals surface area contributed by atoms with Crippen molar-refractivity contribution in [3.8, 4) is 5.82 Å². The largest absolute Gasteiger partial charge is 0.345 e. The van der Waals surface area contributed by atoms with E-state index in [-0.39, 0.29) is 18.4 Å². The van der Waals surface area contributed by atoms with Crippen molar-refractivity contribution in [3.05, 3.63) is 36.3 Å². The van der Waals surface area contributed by atoms with Crippen LogP contribution in [0.5, 0.6) is 0 Å². The van der Waals surface area contributed by atoms with E-state index in [1.807, 2.05) is 0 Å². The van der Waals surface area contributed by atoms with Crippen molar-refractivity contribution in [2.75, 3.05) is 6.67 Å². The van der Waals surface area contributed by atoms with Crippen molar-refractivity contribution in [1.82, 2.24) is 35.8 Å². The van der Waals surface area contributed by atoms with Crippen LogP contribution in [0.2, 0.25) is 0 Å². The zero-order chi connectivity index (χ0) is 14.5. The number of carbonyl (C=O) groups excluding carboxylic acids is 2. The van der Waals surface area contributed by atoms with Crippen LogP contribution in [0, 0.1) is 0 Å². The van der Waals surface area contributed by atoms with Crippen LogP contribution in [0.4, 0.5) is 0 Å². The van der Waals surface area contributed by atoms with Gasteiger partial charge in [0.2, 0.25) is 5.91 Å². The average Bonchev–Trinajstić information content (AvgIpc) is 3.08. The van der Waals surface area contributed by atoms with Gasteiger partial charge in [-0.1, -0.05) is 6.58 Å². The van der Waals surface area contributed by atoms with Gasteiger partial charge in [-0.25, -0.2) is 0 Å². The molecule has 20 heavy (non-hydrogen) atoms. The van der Waals surface area contributed by atoms with Crippen LogP contribution in [0.3, 0.4) is 0 Å². The molecule has 0 radical (unpaired) electrons. The molecule has 0 atom stereocenters. The summed E-state index contributed by atoms with van der Waals surface area (Å²) in [5.74, 6) is -0.380. The van der Waals surface area contributed by atoms with E-state index in [9.17, 15) is 9.59 Å². The molecular formula is C11H13N7O2. The molecule has 0 bridgehead atoms. The minimum atomic E-state index is -0.537. The Morgan fingerprint density at radius 2 is 2.25 bits per heavy atom. The van der Waals surface area contributed by atoms with Crippen LogP contribution in [-0.2, 0) is 4.79 Å². The van der Waals surface area contributed by atoms with Gasteiger partial charge < -0.3 is 15.6 Å². The first-order chi connectivity index (χ1) is 9.58. The van der Waals surface area contributed by atoms with Gasteiger partial charge in [0.15, 0.2) is 5.82 Å². The molecule has 0 aliphatic carbocycles. The Balaban J connectivity index is 1.90. The van der Waals surface area contributed by atoms with E-state index in [0.717, 1.165) is 0 Å². The Bertz CT molecular complexity index is 629. The molecule has 0 aliphatic rings. The number of aromatic amines is 1. The molecule has 3 N–H and O–H groups in total. The molecular weight excluding hydrogens is 262 g/mol. The fourth-order valence-electron chi connectivity index (χ4n) is 1.29. The Morgan fingerprint density at radius 1 is 1.45 bits per heavy atom. The average molecular weight is 275 g/mol. The number of H-pyrrole nitrogens is 1. The van der Waals surface area contributed by atoms with Crippen LogP contribution in [0.15, 0.2) is 30.5 Å². The second-order valence-electron chi connectivity index (χ2n) is 3.93. The van der Waals surface area contributed by atoms with E-state index in [4.69, 9.17) is 0 Å². The van der Waals surface area contributed by atoms with Crippen LogP contribution >= 0.6 is 0 Å². The highest BCUT2D eigenvalue weighted by Crippen LogP contribution is 1.99. The van der Waals surface area contributed by atoms with Gasteiger partial charge in [-0.3, -0.25) is 9.59 Å². The lowest BCUT2D eigenvalue weighted by Gasteiger charge is -2.04. The van der Waals surface area contributed by atoms with Gasteiger partial charge in [0.25, 0.3) is 11.7 Å². The summed E-state index contributed by atoms with van der Waals surface area (Å²) in [5, 5.41) is 16.2. The normalized spacial score (nSPS) is 10.1. The molecule has 2 rings (SSSR count). The van der Waals surface area contributed by atoms with Crippen molar-refractivity contribution in [2.24, 2.45) is 0 Å². The summed E-state index contributed by atoms with van der Waals surface area (Å²) in [7, 11) is 0. The number of tetrazole rings is 1. The smallest absolute Gasteiger partial charge is 0.294 e. The van der Waals surface area contributed by atoms with E-state index in [1.165, 1.54) is 4.80 Å². The number of nitrogens with one attached hydrogen (secondary N) is 3. The van der Waals surface area contributed by atoms with Crippen LogP contribution in [0.1, 0.15) is 17.5 Å². The topological polar surface area (TPSA) is 118 Å². The van der Waals surface area contributed by atoms with Gasteiger partial charge in [-0.15, -0.1) is 15.0 Å². The molecule has 2 heterocycles. The summed E-state index contributed by atoms with van der Waals surface area (Å²) in [6.07, 6.45) is 1.70. The van der Waals surface area contributed by atoms with Crippen LogP contribution < -0.4 is 10.6 Å². The van der Waals surface area contributed by atoms with E-state index < -0.39 is 5.91 Å². The van der Waals surface area contributed by atoms with Gasteiger partial charge in [-0.2, -0.15) is 0 Å². The van der Waals surface area contributed by atoms with Crippen molar-refractivity contribution in [2.45, 2.75) is 6.92 Å². The zero-order valence-corrected chi connectivity index (χ0v) is 10.8. The first kappa shape index (κ1) is 13.5. The highest BCUT2D eigenvalue weighted by Gasteiger charge is 2.13. The summed E-state index contributed by atoms with van der Waals surface area (Å²) in [6, 6.07) is 3.50. The highest BCUT2D eigenvalue weighted by atomic mass is 16.2. The third-order valence-corrected chi connectivity index (χ3v) is 2.30. The molecule has 0 spiro atoms. The molecule has 0 fully saturated rings. The molecule has 2 aromatic rings. The SMILES string of the molecule is C=C(C)C(=O)NCNC(=O)c1nnn(-c2ccc[nH]2)n1. The lowest BCUT2D eigenvalue weighted by molar-refractivity contribution is -0.117. The molecule has 0 aliphatic heterocycles. The van der Waals surface area contributed by atoms with Gasteiger partial charge in [0.05, 0.1) is 6.67 Å². The van der Waals surface area contributed by atoms with Crippen molar-refractivity contribution < 1.29 is 9.59 Å². The molecule has 0 unspecified atom stereocenters. The summed E-state index contributed by atoms with van der Waals surface area (Å²) in [4.78, 5) is 27.0. The van der Waals surface area contributed by atoms with Gasteiger partial charge in [0.1, 0.15) is 0 Å².